The maximum Gasteiger partial charge on any atom is 0.257 e. The van der Waals surface area contributed by atoms with Crippen molar-refractivity contribution in [2.45, 2.75) is 45.9 Å². The lowest BCUT2D eigenvalue weighted by molar-refractivity contribution is 0.121. The number of hydrogen-bond donors (Lipinski definition) is 0. The minimum absolute atomic E-state index is 0.297. The van der Waals surface area contributed by atoms with Crippen molar-refractivity contribution in [2.75, 3.05) is 0 Å². The van der Waals surface area contributed by atoms with Crippen LogP contribution in [0.3, 0.4) is 0 Å². The standard InChI is InChI=1S/C10H15F2N3/c1-7(2)14-3-8-4-15(6-10(11)12)13-9(8)5-14/h4,7,10H,3,5-6H2,1-2H3. The fourth-order valence-electron chi connectivity index (χ4n) is 1.83. The maximum atomic E-state index is 12.1. The molecule has 0 bridgehead atoms. The summed E-state index contributed by atoms with van der Waals surface area (Å²) in [5, 5.41) is 4.16. The lowest BCUT2D eigenvalue weighted by Crippen LogP contribution is -2.25. The molecule has 0 N–H and O–H groups in total. The third-order valence-electron chi connectivity index (χ3n) is 2.71. The Hall–Kier alpha value is -0.970. The third kappa shape index (κ3) is 2.17. The van der Waals surface area contributed by atoms with E-state index in [9.17, 15) is 8.78 Å². The van der Waals surface area contributed by atoms with Crippen molar-refractivity contribution < 1.29 is 8.78 Å². The highest BCUT2D eigenvalue weighted by Crippen LogP contribution is 2.23. The third-order valence-corrected chi connectivity index (χ3v) is 2.71. The zero-order chi connectivity index (χ0) is 11.0. The summed E-state index contributed by atoms with van der Waals surface area (Å²) in [5.41, 5.74) is 2.04. The molecule has 5 heteroatoms. The SMILES string of the molecule is CC(C)N1Cc2cn(CC(F)F)nc2C1. The molecule has 0 spiro atoms. The van der Waals surface area contributed by atoms with Gasteiger partial charge in [0.1, 0.15) is 6.54 Å². The first-order valence-corrected chi connectivity index (χ1v) is 5.13. The number of rotatable bonds is 3. The monoisotopic (exact) mass is 215 g/mol. The van der Waals surface area contributed by atoms with Crippen LogP contribution >= 0.6 is 0 Å². The van der Waals surface area contributed by atoms with Gasteiger partial charge >= 0.3 is 0 Å². The van der Waals surface area contributed by atoms with Crippen LogP contribution in [0.2, 0.25) is 0 Å². The Kier molecular flexibility index (Phi) is 2.73. The van der Waals surface area contributed by atoms with Crippen LogP contribution in [0.4, 0.5) is 8.78 Å². The molecular weight excluding hydrogens is 200 g/mol. The molecule has 0 aromatic carbocycles. The van der Waals surface area contributed by atoms with Gasteiger partial charge in [-0.2, -0.15) is 5.10 Å². The topological polar surface area (TPSA) is 21.1 Å². The predicted molar refractivity (Wildman–Crippen MR) is 52.6 cm³/mol. The summed E-state index contributed by atoms with van der Waals surface area (Å²) in [6.07, 6.45) is -0.588. The molecule has 1 aliphatic rings. The van der Waals surface area contributed by atoms with Gasteiger partial charge in [0, 0.05) is 30.9 Å². The molecule has 84 valence electrons. The highest BCUT2D eigenvalue weighted by Gasteiger charge is 2.24. The first-order valence-electron chi connectivity index (χ1n) is 5.13. The van der Waals surface area contributed by atoms with Crippen LogP contribution in [-0.2, 0) is 19.6 Å². The highest BCUT2D eigenvalue weighted by atomic mass is 19.3. The van der Waals surface area contributed by atoms with Crippen LogP contribution in [0.25, 0.3) is 0 Å². The summed E-state index contributed by atoms with van der Waals surface area (Å²) in [7, 11) is 0. The smallest absolute Gasteiger partial charge is 0.257 e. The van der Waals surface area contributed by atoms with Crippen molar-refractivity contribution in [2.24, 2.45) is 0 Å². The van der Waals surface area contributed by atoms with Gasteiger partial charge < -0.3 is 0 Å². The van der Waals surface area contributed by atoms with E-state index in [2.05, 4.69) is 23.8 Å². The molecule has 0 atom stereocenters. The fraction of sp³-hybridized carbons (Fsp3) is 0.700. The molecule has 0 unspecified atom stereocenters. The number of halogens is 2. The van der Waals surface area contributed by atoms with E-state index in [-0.39, 0.29) is 6.54 Å². The summed E-state index contributed by atoms with van der Waals surface area (Å²) < 4.78 is 25.6. The lowest BCUT2D eigenvalue weighted by Gasteiger charge is -2.19. The van der Waals surface area contributed by atoms with E-state index in [1.165, 1.54) is 4.68 Å². The maximum absolute atomic E-state index is 12.1. The van der Waals surface area contributed by atoms with E-state index < -0.39 is 6.43 Å². The van der Waals surface area contributed by atoms with Crippen molar-refractivity contribution in [3.05, 3.63) is 17.5 Å². The summed E-state index contributed by atoms with van der Waals surface area (Å²) in [6, 6.07) is 0.475. The molecule has 2 heterocycles. The quantitative estimate of drug-likeness (QED) is 0.767. The molecule has 0 fully saturated rings. The van der Waals surface area contributed by atoms with Crippen LogP contribution in [0.15, 0.2) is 6.20 Å². The molecule has 1 aromatic rings. The van der Waals surface area contributed by atoms with Crippen LogP contribution in [0.1, 0.15) is 25.1 Å². The Morgan fingerprint density at radius 3 is 2.67 bits per heavy atom. The molecule has 3 nitrogen and oxygen atoms in total. The van der Waals surface area contributed by atoms with Crippen molar-refractivity contribution in [1.29, 1.82) is 0 Å². The summed E-state index contributed by atoms with van der Waals surface area (Å²) in [4.78, 5) is 2.27. The van der Waals surface area contributed by atoms with E-state index in [0.717, 1.165) is 24.3 Å². The van der Waals surface area contributed by atoms with E-state index >= 15 is 0 Å². The second-order valence-corrected chi connectivity index (χ2v) is 4.21. The van der Waals surface area contributed by atoms with Gasteiger partial charge in [-0.15, -0.1) is 0 Å². The Balaban J connectivity index is 2.06. The van der Waals surface area contributed by atoms with Crippen LogP contribution in [-0.4, -0.2) is 27.1 Å². The molecule has 2 rings (SSSR count). The summed E-state index contributed by atoms with van der Waals surface area (Å²) in [6.45, 7) is 5.56. The zero-order valence-electron chi connectivity index (χ0n) is 8.95. The molecule has 0 radical (unpaired) electrons. The zero-order valence-corrected chi connectivity index (χ0v) is 8.95. The van der Waals surface area contributed by atoms with Crippen molar-refractivity contribution in [1.82, 2.24) is 14.7 Å². The number of fused-ring (bicyclic) bond motifs is 1. The largest absolute Gasteiger partial charge is 0.291 e. The normalized spacial score (nSPS) is 16.7. The molecule has 0 amide bonds. The van der Waals surface area contributed by atoms with Crippen LogP contribution in [0.5, 0.6) is 0 Å². The number of aromatic nitrogens is 2. The molecule has 0 aliphatic carbocycles. The highest BCUT2D eigenvalue weighted by molar-refractivity contribution is 5.21. The average molecular weight is 215 g/mol. The molecule has 1 aromatic heterocycles. The molecule has 0 saturated carbocycles. The number of alkyl halides is 2. The van der Waals surface area contributed by atoms with Crippen LogP contribution < -0.4 is 0 Å². The average Bonchev–Trinajstić information content (AvgIpc) is 2.58. The van der Waals surface area contributed by atoms with E-state index in [4.69, 9.17) is 0 Å². The van der Waals surface area contributed by atoms with E-state index in [1.54, 1.807) is 6.20 Å². The van der Waals surface area contributed by atoms with Gasteiger partial charge in [0.05, 0.1) is 5.69 Å². The minimum Gasteiger partial charge on any atom is -0.291 e. The Bertz CT molecular complexity index is 323. The molecule has 1 aliphatic heterocycles. The van der Waals surface area contributed by atoms with Gasteiger partial charge in [-0.3, -0.25) is 9.58 Å². The summed E-state index contributed by atoms with van der Waals surface area (Å²) >= 11 is 0. The first kappa shape index (κ1) is 10.5. The fourth-order valence-corrected chi connectivity index (χ4v) is 1.83. The Morgan fingerprint density at radius 2 is 2.13 bits per heavy atom. The van der Waals surface area contributed by atoms with Gasteiger partial charge in [0.15, 0.2) is 0 Å². The molecular formula is C10H15F2N3. The lowest BCUT2D eigenvalue weighted by atomic mass is 10.3. The number of hydrogen-bond acceptors (Lipinski definition) is 2. The van der Waals surface area contributed by atoms with Gasteiger partial charge in [0.25, 0.3) is 6.43 Å². The van der Waals surface area contributed by atoms with E-state index in [0.29, 0.717) is 6.04 Å². The van der Waals surface area contributed by atoms with Crippen molar-refractivity contribution in [3.63, 3.8) is 0 Å². The van der Waals surface area contributed by atoms with E-state index in [1.807, 2.05) is 0 Å². The second kappa shape index (κ2) is 3.89. The van der Waals surface area contributed by atoms with Crippen molar-refractivity contribution in [3.8, 4) is 0 Å². The minimum atomic E-state index is -2.33. The number of nitrogens with zero attached hydrogens (tertiary/aromatic N) is 3. The summed E-state index contributed by atoms with van der Waals surface area (Å²) in [5.74, 6) is 0. The van der Waals surface area contributed by atoms with Gasteiger partial charge in [-0.05, 0) is 13.8 Å². The predicted octanol–water partition coefficient (Wildman–Crippen LogP) is 1.87. The Labute approximate surface area is 87.7 Å². The molecule has 0 saturated heterocycles. The molecule has 15 heavy (non-hydrogen) atoms. The van der Waals surface area contributed by atoms with Gasteiger partial charge in [0.2, 0.25) is 0 Å². The van der Waals surface area contributed by atoms with Crippen molar-refractivity contribution >= 4 is 0 Å². The van der Waals surface area contributed by atoms with Crippen LogP contribution in [0, 0.1) is 0 Å². The van der Waals surface area contributed by atoms with Gasteiger partial charge in [-0.25, -0.2) is 8.78 Å². The Morgan fingerprint density at radius 1 is 1.40 bits per heavy atom. The second-order valence-electron chi connectivity index (χ2n) is 4.21. The van der Waals surface area contributed by atoms with Gasteiger partial charge in [-0.1, -0.05) is 0 Å². The first-order chi connectivity index (χ1) is 7.06.